The SMILES string of the molecule is COC(=O)c1ccc(OCCC[Si](Cl)(Cl)Cl)cc1. The van der Waals surface area contributed by atoms with Gasteiger partial charge in [0, 0.05) is 0 Å². The number of rotatable bonds is 6. The fourth-order valence-electron chi connectivity index (χ4n) is 1.27. The average Bonchev–Trinajstić information content (AvgIpc) is 2.33. The first-order valence-electron chi connectivity index (χ1n) is 5.30. The van der Waals surface area contributed by atoms with Crippen molar-refractivity contribution in [3.63, 3.8) is 0 Å². The second-order valence-electron chi connectivity index (χ2n) is 3.58. The lowest BCUT2D eigenvalue weighted by Crippen LogP contribution is -2.10. The number of esters is 1. The van der Waals surface area contributed by atoms with E-state index >= 15 is 0 Å². The van der Waals surface area contributed by atoms with Gasteiger partial charge in [-0.1, -0.05) is 0 Å². The van der Waals surface area contributed by atoms with E-state index in [1.165, 1.54) is 7.11 Å². The van der Waals surface area contributed by atoms with Crippen molar-refractivity contribution in [2.45, 2.75) is 12.5 Å². The van der Waals surface area contributed by atoms with Crippen LogP contribution in [0.1, 0.15) is 16.8 Å². The topological polar surface area (TPSA) is 35.5 Å². The molecule has 7 heteroatoms. The second-order valence-corrected chi connectivity index (χ2v) is 12.9. The number of methoxy groups -OCH3 is 1. The van der Waals surface area contributed by atoms with E-state index < -0.39 is 6.00 Å². The van der Waals surface area contributed by atoms with E-state index in [0.29, 0.717) is 30.4 Å². The Bertz CT molecular complexity index is 390. The zero-order chi connectivity index (χ0) is 13.6. The molecule has 1 aromatic rings. The molecule has 0 saturated heterocycles. The number of benzene rings is 1. The van der Waals surface area contributed by atoms with Gasteiger partial charge in [0.1, 0.15) is 5.75 Å². The van der Waals surface area contributed by atoms with E-state index in [1.54, 1.807) is 24.3 Å². The molecule has 100 valence electrons. The molecule has 0 N–H and O–H groups in total. The Morgan fingerprint density at radius 2 is 1.83 bits per heavy atom. The van der Waals surface area contributed by atoms with Gasteiger partial charge < -0.3 is 9.47 Å². The van der Waals surface area contributed by atoms with Crippen LogP contribution in [0, 0.1) is 0 Å². The number of hydrogen-bond acceptors (Lipinski definition) is 3. The quantitative estimate of drug-likeness (QED) is 0.344. The molecule has 0 aliphatic rings. The molecule has 0 atom stereocenters. The summed E-state index contributed by atoms with van der Waals surface area (Å²) in [6.45, 7) is 0.485. The molecule has 0 heterocycles. The van der Waals surface area contributed by atoms with E-state index in [-0.39, 0.29) is 5.97 Å². The molecule has 1 aromatic carbocycles. The summed E-state index contributed by atoms with van der Waals surface area (Å²) in [4.78, 5) is 11.2. The normalized spacial score (nSPS) is 11.1. The number of carbonyl (C=O) groups is 1. The van der Waals surface area contributed by atoms with Crippen LogP contribution in [0.15, 0.2) is 24.3 Å². The van der Waals surface area contributed by atoms with E-state index in [1.807, 2.05) is 0 Å². The third-order valence-electron chi connectivity index (χ3n) is 2.15. The van der Waals surface area contributed by atoms with Crippen LogP contribution in [0.25, 0.3) is 0 Å². The largest absolute Gasteiger partial charge is 0.494 e. The summed E-state index contributed by atoms with van der Waals surface area (Å²) in [6.07, 6.45) is 0.696. The van der Waals surface area contributed by atoms with Crippen LogP contribution in [-0.4, -0.2) is 25.7 Å². The van der Waals surface area contributed by atoms with Crippen LogP contribution in [0.3, 0.4) is 0 Å². The van der Waals surface area contributed by atoms with Gasteiger partial charge in [-0.05, 0) is 36.7 Å². The third-order valence-corrected chi connectivity index (χ3v) is 4.77. The van der Waals surface area contributed by atoms with Crippen LogP contribution < -0.4 is 4.74 Å². The minimum Gasteiger partial charge on any atom is -0.494 e. The smallest absolute Gasteiger partial charge is 0.341 e. The summed E-state index contributed by atoms with van der Waals surface area (Å²) in [5.41, 5.74) is 0.485. The standard InChI is InChI=1S/C11H13Cl3O3Si/c1-16-11(15)9-3-5-10(6-4-9)17-7-2-8-18(12,13)14/h3-6H,2,7-8H2,1H3. The second kappa shape index (κ2) is 7.24. The molecule has 0 aliphatic carbocycles. The monoisotopic (exact) mass is 326 g/mol. The van der Waals surface area contributed by atoms with E-state index in [4.69, 9.17) is 38.0 Å². The zero-order valence-corrected chi connectivity index (χ0v) is 13.1. The van der Waals surface area contributed by atoms with Gasteiger partial charge in [0.05, 0.1) is 19.3 Å². The predicted molar refractivity (Wildman–Crippen MR) is 76.0 cm³/mol. The molecule has 0 saturated carbocycles. The van der Waals surface area contributed by atoms with Crippen molar-refractivity contribution in [2.75, 3.05) is 13.7 Å². The van der Waals surface area contributed by atoms with Gasteiger partial charge >= 0.3 is 12.0 Å². The molecule has 1 rings (SSSR count). The van der Waals surface area contributed by atoms with Crippen LogP contribution >= 0.6 is 33.2 Å². The van der Waals surface area contributed by atoms with Gasteiger partial charge in [-0.2, -0.15) is 0 Å². The molecule has 0 aliphatic heterocycles. The summed E-state index contributed by atoms with van der Waals surface area (Å²) in [5.74, 6) is 0.303. The Balaban J connectivity index is 2.38. The van der Waals surface area contributed by atoms with Crippen LogP contribution in [0.5, 0.6) is 5.75 Å². The number of halogens is 3. The fourth-order valence-corrected chi connectivity index (χ4v) is 3.02. The van der Waals surface area contributed by atoms with Gasteiger partial charge in [-0.25, -0.2) is 4.79 Å². The molecule has 0 fully saturated rings. The average molecular weight is 328 g/mol. The van der Waals surface area contributed by atoms with Crippen LogP contribution in [0.4, 0.5) is 0 Å². The van der Waals surface area contributed by atoms with Crippen molar-refractivity contribution in [2.24, 2.45) is 0 Å². The zero-order valence-electron chi connectivity index (χ0n) is 9.79. The van der Waals surface area contributed by atoms with E-state index in [2.05, 4.69) is 4.74 Å². The molecule has 0 unspecified atom stereocenters. The molecular formula is C11H13Cl3O3Si. The Morgan fingerprint density at radius 1 is 1.22 bits per heavy atom. The molecule has 0 radical (unpaired) electrons. The van der Waals surface area contributed by atoms with Crippen LogP contribution in [0.2, 0.25) is 6.04 Å². The van der Waals surface area contributed by atoms with Crippen LogP contribution in [-0.2, 0) is 4.74 Å². The lowest BCUT2D eigenvalue weighted by Gasteiger charge is -2.09. The third kappa shape index (κ3) is 5.95. The highest BCUT2D eigenvalue weighted by atomic mass is 35.8. The Labute approximate surface area is 121 Å². The van der Waals surface area contributed by atoms with Crippen molar-refractivity contribution in [1.82, 2.24) is 0 Å². The van der Waals surface area contributed by atoms with Gasteiger partial charge in [0.15, 0.2) is 0 Å². The van der Waals surface area contributed by atoms with E-state index in [9.17, 15) is 4.79 Å². The van der Waals surface area contributed by atoms with Crippen molar-refractivity contribution in [1.29, 1.82) is 0 Å². The molecule has 0 bridgehead atoms. The maximum Gasteiger partial charge on any atom is 0.341 e. The summed E-state index contributed by atoms with van der Waals surface area (Å²) in [5, 5.41) is 0. The fraction of sp³-hybridized carbons (Fsp3) is 0.364. The summed E-state index contributed by atoms with van der Waals surface area (Å²) in [6, 6.07) is 4.72. The van der Waals surface area contributed by atoms with E-state index in [0.717, 1.165) is 0 Å². The summed E-state index contributed by atoms with van der Waals surface area (Å²) in [7, 11) is 1.34. The maximum absolute atomic E-state index is 11.2. The minimum absolute atomic E-state index is 0.372. The minimum atomic E-state index is -2.55. The number of hydrogen-bond donors (Lipinski definition) is 0. The molecular weight excluding hydrogens is 315 g/mol. The lowest BCUT2D eigenvalue weighted by molar-refractivity contribution is 0.0600. The molecule has 18 heavy (non-hydrogen) atoms. The molecule has 0 amide bonds. The Hall–Kier alpha value is -0.423. The maximum atomic E-state index is 11.2. The molecule has 3 nitrogen and oxygen atoms in total. The summed E-state index contributed by atoms with van der Waals surface area (Å²) >= 11 is 17.2. The van der Waals surface area contributed by atoms with Crippen molar-refractivity contribution >= 4 is 45.2 Å². The highest BCUT2D eigenvalue weighted by Gasteiger charge is 2.23. The van der Waals surface area contributed by atoms with Crippen molar-refractivity contribution < 1.29 is 14.3 Å². The Morgan fingerprint density at radius 3 is 2.33 bits per heavy atom. The number of carbonyl (C=O) groups excluding carboxylic acids is 1. The number of ether oxygens (including phenoxy) is 2. The van der Waals surface area contributed by atoms with Gasteiger partial charge in [0.25, 0.3) is 0 Å². The van der Waals surface area contributed by atoms with Crippen molar-refractivity contribution in [3.05, 3.63) is 29.8 Å². The van der Waals surface area contributed by atoms with Crippen molar-refractivity contribution in [3.8, 4) is 5.75 Å². The van der Waals surface area contributed by atoms with Gasteiger partial charge in [-0.15, -0.1) is 33.2 Å². The molecule has 0 aromatic heterocycles. The summed E-state index contributed by atoms with van der Waals surface area (Å²) < 4.78 is 10.1. The Kier molecular flexibility index (Phi) is 6.28. The van der Waals surface area contributed by atoms with Gasteiger partial charge in [-0.3, -0.25) is 0 Å². The van der Waals surface area contributed by atoms with Gasteiger partial charge in [0.2, 0.25) is 0 Å². The molecule has 0 spiro atoms. The first-order chi connectivity index (χ1) is 8.42. The first kappa shape index (κ1) is 15.6. The predicted octanol–water partition coefficient (Wildman–Crippen LogP) is 3.90. The first-order valence-corrected chi connectivity index (χ1v) is 10.5. The highest BCUT2D eigenvalue weighted by molar-refractivity contribution is 7.64. The lowest BCUT2D eigenvalue weighted by atomic mass is 10.2. The highest BCUT2D eigenvalue weighted by Crippen LogP contribution is 2.26.